The van der Waals surface area contributed by atoms with Crippen molar-refractivity contribution in [3.63, 3.8) is 0 Å². The zero-order valence-corrected chi connectivity index (χ0v) is 14.5. The van der Waals surface area contributed by atoms with Gasteiger partial charge >= 0.3 is 6.03 Å². The second-order valence-electron chi connectivity index (χ2n) is 7.61. The molecule has 25 heavy (non-hydrogen) atoms. The molecular formula is C19H26N4O2. The van der Waals surface area contributed by atoms with Gasteiger partial charge < -0.3 is 15.5 Å². The molecule has 0 aromatic heterocycles. The number of rotatable bonds is 2. The standard InChI is InChI=1S/C19H26N4O2/c24-17-16-12-19(14-23(16)11-8-20-17)6-9-22(10-7-19)18(25)21-13-15-4-2-1-3-5-15/h1-5,16H,6-14H2,(H,20,24)(H,21,25). The molecule has 3 saturated heterocycles. The molecule has 0 aliphatic carbocycles. The molecule has 3 aliphatic heterocycles. The van der Waals surface area contributed by atoms with Gasteiger partial charge in [-0.15, -0.1) is 0 Å². The maximum atomic E-state index is 12.4. The third-order valence-electron chi connectivity index (χ3n) is 6.00. The van der Waals surface area contributed by atoms with Gasteiger partial charge in [-0.1, -0.05) is 30.3 Å². The minimum Gasteiger partial charge on any atom is -0.353 e. The largest absolute Gasteiger partial charge is 0.353 e. The van der Waals surface area contributed by atoms with Crippen LogP contribution in [-0.2, 0) is 11.3 Å². The van der Waals surface area contributed by atoms with Gasteiger partial charge in [-0.3, -0.25) is 9.69 Å². The van der Waals surface area contributed by atoms with Gasteiger partial charge in [0.25, 0.3) is 0 Å². The van der Waals surface area contributed by atoms with E-state index in [-0.39, 0.29) is 23.4 Å². The summed E-state index contributed by atoms with van der Waals surface area (Å²) >= 11 is 0. The Balaban J connectivity index is 1.29. The summed E-state index contributed by atoms with van der Waals surface area (Å²) in [6.45, 7) is 4.85. The normalized spacial score (nSPS) is 25.5. The highest BCUT2D eigenvalue weighted by molar-refractivity contribution is 5.83. The van der Waals surface area contributed by atoms with Crippen LogP contribution >= 0.6 is 0 Å². The summed E-state index contributed by atoms with van der Waals surface area (Å²) in [4.78, 5) is 28.7. The van der Waals surface area contributed by atoms with E-state index in [1.165, 1.54) is 0 Å². The van der Waals surface area contributed by atoms with Crippen LogP contribution in [-0.4, -0.2) is 60.5 Å². The van der Waals surface area contributed by atoms with E-state index in [1.807, 2.05) is 35.2 Å². The number of urea groups is 1. The van der Waals surface area contributed by atoms with E-state index in [2.05, 4.69) is 15.5 Å². The van der Waals surface area contributed by atoms with Crippen molar-refractivity contribution in [1.29, 1.82) is 0 Å². The molecule has 1 aromatic carbocycles. The van der Waals surface area contributed by atoms with Crippen LogP contribution in [0.15, 0.2) is 30.3 Å². The number of piperidine rings is 1. The van der Waals surface area contributed by atoms with E-state index in [4.69, 9.17) is 0 Å². The van der Waals surface area contributed by atoms with Crippen molar-refractivity contribution in [2.24, 2.45) is 5.41 Å². The molecule has 6 heteroatoms. The molecule has 3 aliphatic rings. The van der Waals surface area contributed by atoms with Crippen LogP contribution in [0, 0.1) is 5.41 Å². The zero-order valence-electron chi connectivity index (χ0n) is 14.5. The molecule has 3 fully saturated rings. The van der Waals surface area contributed by atoms with Crippen LogP contribution in [0.25, 0.3) is 0 Å². The first-order valence-corrected chi connectivity index (χ1v) is 9.24. The number of nitrogens with one attached hydrogen (secondary N) is 2. The number of carbonyl (C=O) groups excluding carboxylic acids is 2. The van der Waals surface area contributed by atoms with Gasteiger partial charge in [0.15, 0.2) is 0 Å². The Bertz CT molecular complexity index is 640. The van der Waals surface area contributed by atoms with Crippen molar-refractivity contribution in [3.8, 4) is 0 Å². The van der Waals surface area contributed by atoms with E-state index in [9.17, 15) is 9.59 Å². The minimum atomic E-state index is 0.0205. The van der Waals surface area contributed by atoms with Crippen molar-refractivity contribution in [3.05, 3.63) is 35.9 Å². The third kappa shape index (κ3) is 3.35. The van der Waals surface area contributed by atoms with E-state index in [1.54, 1.807) is 0 Å². The van der Waals surface area contributed by atoms with E-state index in [0.29, 0.717) is 6.54 Å². The first-order valence-electron chi connectivity index (χ1n) is 9.24. The maximum Gasteiger partial charge on any atom is 0.317 e. The smallest absolute Gasteiger partial charge is 0.317 e. The Labute approximate surface area is 148 Å². The summed E-state index contributed by atoms with van der Waals surface area (Å²) in [6.07, 6.45) is 2.93. The molecule has 6 nitrogen and oxygen atoms in total. The van der Waals surface area contributed by atoms with Crippen LogP contribution < -0.4 is 10.6 Å². The molecule has 0 radical (unpaired) electrons. The van der Waals surface area contributed by atoms with Crippen LogP contribution in [0.1, 0.15) is 24.8 Å². The molecule has 1 unspecified atom stereocenters. The quantitative estimate of drug-likeness (QED) is 0.848. The summed E-state index contributed by atoms with van der Waals surface area (Å²) in [5.41, 5.74) is 1.32. The predicted molar refractivity (Wildman–Crippen MR) is 94.9 cm³/mol. The SMILES string of the molecule is O=C1NCCN2CC3(CCN(C(=O)NCc4ccccc4)CC3)CC12. The molecule has 134 valence electrons. The zero-order chi connectivity index (χ0) is 17.3. The van der Waals surface area contributed by atoms with Gasteiger partial charge in [0.1, 0.15) is 0 Å². The molecular weight excluding hydrogens is 316 g/mol. The minimum absolute atomic E-state index is 0.0205. The molecule has 0 bridgehead atoms. The number of hydrogen-bond acceptors (Lipinski definition) is 3. The first-order chi connectivity index (χ1) is 12.2. The third-order valence-corrected chi connectivity index (χ3v) is 6.00. The van der Waals surface area contributed by atoms with Gasteiger partial charge in [-0.2, -0.15) is 0 Å². The van der Waals surface area contributed by atoms with Gasteiger partial charge in [-0.05, 0) is 30.2 Å². The average molecular weight is 342 g/mol. The molecule has 1 atom stereocenters. The number of piperazine rings is 1. The highest BCUT2D eigenvalue weighted by Crippen LogP contribution is 2.43. The first kappa shape index (κ1) is 16.4. The number of hydrogen-bond donors (Lipinski definition) is 2. The second kappa shape index (κ2) is 6.67. The summed E-state index contributed by atoms with van der Waals surface area (Å²) in [5, 5.41) is 6.00. The van der Waals surface area contributed by atoms with Crippen molar-refractivity contribution < 1.29 is 9.59 Å². The Morgan fingerprint density at radius 2 is 1.96 bits per heavy atom. The number of likely N-dealkylation sites (tertiary alicyclic amines) is 1. The summed E-state index contributed by atoms with van der Waals surface area (Å²) in [6, 6.07) is 10.1. The average Bonchev–Trinajstić information content (AvgIpc) is 3.00. The van der Waals surface area contributed by atoms with Crippen molar-refractivity contribution in [1.82, 2.24) is 20.4 Å². The van der Waals surface area contributed by atoms with Crippen LogP contribution in [0.3, 0.4) is 0 Å². The number of carbonyl (C=O) groups is 2. The number of nitrogens with zero attached hydrogens (tertiary/aromatic N) is 2. The van der Waals surface area contributed by atoms with Crippen LogP contribution in [0.2, 0.25) is 0 Å². The fraction of sp³-hybridized carbons (Fsp3) is 0.579. The molecule has 0 saturated carbocycles. The summed E-state index contributed by atoms with van der Waals surface area (Å²) in [5.74, 6) is 0.186. The number of fused-ring (bicyclic) bond motifs is 1. The highest BCUT2D eigenvalue weighted by atomic mass is 16.2. The summed E-state index contributed by atoms with van der Waals surface area (Å²) in [7, 11) is 0. The lowest BCUT2D eigenvalue weighted by atomic mass is 9.76. The molecule has 3 amide bonds. The molecule has 2 N–H and O–H groups in total. The van der Waals surface area contributed by atoms with E-state index < -0.39 is 0 Å². The molecule has 4 rings (SSSR count). The van der Waals surface area contributed by atoms with Crippen LogP contribution in [0.4, 0.5) is 4.79 Å². The van der Waals surface area contributed by atoms with Crippen molar-refractivity contribution >= 4 is 11.9 Å². The lowest BCUT2D eigenvalue weighted by Gasteiger charge is -2.39. The van der Waals surface area contributed by atoms with Gasteiger partial charge in [0.05, 0.1) is 6.04 Å². The molecule has 1 aromatic rings. The van der Waals surface area contributed by atoms with E-state index >= 15 is 0 Å². The predicted octanol–water partition coefficient (Wildman–Crippen LogP) is 1.18. The fourth-order valence-electron chi connectivity index (χ4n) is 4.51. The summed E-state index contributed by atoms with van der Waals surface area (Å²) < 4.78 is 0. The topological polar surface area (TPSA) is 64.7 Å². The number of amides is 3. The Hall–Kier alpha value is -2.08. The van der Waals surface area contributed by atoms with Crippen LogP contribution in [0.5, 0.6) is 0 Å². The Kier molecular flexibility index (Phi) is 4.37. The van der Waals surface area contributed by atoms with Gasteiger partial charge in [0, 0.05) is 39.3 Å². The second-order valence-corrected chi connectivity index (χ2v) is 7.61. The Morgan fingerprint density at radius 1 is 1.20 bits per heavy atom. The fourth-order valence-corrected chi connectivity index (χ4v) is 4.51. The molecule has 1 spiro atoms. The van der Waals surface area contributed by atoms with E-state index in [0.717, 1.165) is 57.5 Å². The van der Waals surface area contributed by atoms with Crippen molar-refractivity contribution in [2.75, 3.05) is 32.7 Å². The van der Waals surface area contributed by atoms with Gasteiger partial charge in [0.2, 0.25) is 5.91 Å². The molecule has 3 heterocycles. The number of benzene rings is 1. The lowest BCUT2D eigenvalue weighted by Crippen LogP contribution is -2.52. The Morgan fingerprint density at radius 3 is 2.68 bits per heavy atom. The van der Waals surface area contributed by atoms with Gasteiger partial charge in [-0.25, -0.2) is 4.79 Å². The lowest BCUT2D eigenvalue weighted by molar-refractivity contribution is -0.127. The maximum absolute atomic E-state index is 12.4. The monoisotopic (exact) mass is 342 g/mol. The highest BCUT2D eigenvalue weighted by Gasteiger charge is 2.49. The van der Waals surface area contributed by atoms with Crippen molar-refractivity contribution in [2.45, 2.75) is 31.8 Å².